The van der Waals surface area contributed by atoms with Crippen LogP contribution in [0.1, 0.15) is 47.1 Å². The van der Waals surface area contributed by atoms with Gasteiger partial charge in [-0.15, -0.1) is 0 Å². The van der Waals surface area contributed by atoms with E-state index in [0.29, 0.717) is 24.3 Å². The minimum atomic E-state index is -0.873. The molecule has 1 aromatic heterocycles. The first-order chi connectivity index (χ1) is 13.3. The molecule has 2 heterocycles. The summed E-state index contributed by atoms with van der Waals surface area (Å²) in [5.41, 5.74) is 3.26. The number of benzene rings is 1. The number of carbonyl (C=O) groups excluding carboxylic acids is 1. The highest BCUT2D eigenvalue weighted by Gasteiger charge is 2.36. The van der Waals surface area contributed by atoms with Gasteiger partial charge in [0.15, 0.2) is 5.69 Å². The molecule has 148 valence electrons. The largest absolute Gasteiger partial charge is 0.481 e. The summed E-state index contributed by atoms with van der Waals surface area (Å²) in [6.45, 7) is 4.49. The van der Waals surface area contributed by atoms with Crippen molar-refractivity contribution in [3.63, 3.8) is 0 Å². The zero-order valence-corrected chi connectivity index (χ0v) is 16.1. The number of carboxylic acid groups (broad SMARTS) is 1. The van der Waals surface area contributed by atoms with Crippen LogP contribution in [0.15, 0.2) is 18.2 Å². The Balaban J connectivity index is 1.71. The van der Waals surface area contributed by atoms with Crippen LogP contribution in [-0.4, -0.2) is 44.8 Å². The van der Waals surface area contributed by atoms with Crippen molar-refractivity contribution in [2.45, 2.75) is 39.5 Å². The second kappa shape index (κ2) is 7.04. The fraction of sp³-hybridized carbons (Fsp3) is 0.476. The standard InChI is InChI=1S/C21H24FN3O3/c1-12-6-7-18(16(22)9-12)25-17-5-3-4-15(17)19(23-25)20(26)24-10-13(2)8-14(11-24)21(27)28/h6-7,9,13-14H,3-5,8,10-11H2,1-2H3,(H,27,28). The Bertz CT molecular complexity index is 953. The van der Waals surface area contributed by atoms with Crippen LogP contribution in [0.3, 0.4) is 0 Å². The van der Waals surface area contributed by atoms with E-state index in [9.17, 15) is 19.1 Å². The molecule has 0 bridgehead atoms. The van der Waals surface area contributed by atoms with E-state index in [2.05, 4.69) is 5.10 Å². The van der Waals surface area contributed by atoms with Crippen LogP contribution in [0.25, 0.3) is 5.69 Å². The lowest BCUT2D eigenvalue weighted by atomic mass is 9.90. The third kappa shape index (κ3) is 3.19. The lowest BCUT2D eigenvalue weighted by Crippen LogP contribution is -2.45. The highest BCUT2D eigenvalue weighted by atomic mass is 19.1. The third-order valence-electron chi connectivity index (χ3n) is 5.76. The number of carbonyl (C=O) groups is 2. The maximum absolute atomic E-state index is 14.5. The first-order valence-electron chi connectivity index (χ1n) is 9.74. The molecule has 1 fully saturated rings. The number of nitrogens with zero attached hydrogens (tertiary/aromatic N) is 3. The fourth-order valence-corrected chi connectivity index (χ4v) is 4.44. The van der Waals surface area contributed by atoms with E-state index >= 15 is 0 Å². The second-order valence-corrected chi connectivity index (χ2v) is 8.08. The number of hydrogen-bond donors (Lipinski definition) is 1. The van der Waals surface area contributed by atoms with Crippen molar-refractivity contribution in [1.82, 2.24) is 14.7 Å². The molecule has 1 aromatic carbocycles. The lowest BCUT2D eigenvalue weighted by Gasteiger charge is -2.34. The number of hydrogen-bond acceptors (Lipinski definition) is 3. The molecule has 4 rings (SSSR count). The number of aryl methyl sites for hydroxylation is 1. The van der Waals surface area contributed by atoms with E-state index in [4.69, 9.17) is 0 Å². The van der Waals surface area contributed by atoms with Crippen molar-refractivity contribution in [2.75, 3.05) is 13.1 Å². The van der Waals surface area contributed by atoms with Gasteiger partial charge in [-0.2, -0.15) is 5.10 Å². The van der Waals surface area contributed by atoms with Gasteiger partial charge in [-0.1, -0.05) is 13.0 Å². The normalized spacial score (nSPS) is 21.6. The molecular weight excluding hydrogens is 361 g/mol. The number of aliphatic carboxylic acids is 1. The minimum Gasteiger partial charge on any atom is -0.481 e. The molecular formula is C21H24FN3O3. The number of rotatable bonds is 3. The summed E-state index contributed by atoms with van der Waals surface area (Å²) >= 11 is 0. The smallest absolute Gasteiger partial charge is 0.308 e. The Morgan fingerprint density at radius 3 is 2.75 bits per heavy atom. The summed E-state index contributed by atoms with van der Waals surface area (Å²) in [7, 11) is 0. The second-order valence-electron chi connectivity index (χ2n) is 8.08. The van der Waals surface area contributed by atoms with Gasteiger partial charge in [0.25, 0.3) is 5.91 Å². The molecule has 6 nitrogen and oxygen atoms in total. The molecule has 1 amide bonds. The number of halogens is 1. The molecule has 2 aromatic rings. The van der Waals surface area contributed by atoms with Gasteiger partial charge in [-0.25, -0.2) is 9.07 Å². The molecule has 7 heteroatoms. The molecule has 2 aliphatic rings. The molecule has 1 saturated heterocycles. The zero-order valence-electron chi connectivity index (χ0n) is 16.1. The van der Waals surface area contributed by atoms with Gasteiger partial charge in [0.1, 0.15) is 11.5 Å². The number of likely N-dealkylation sites (tertiary alicyclic amines) is 1. The molecule has 2 unspecified atom stereocenters. The predicted octanol–water partition coefficient (Wildman–Crippen LogP) is 2.99. The fourth-order valence-electron chi connectivity index (χ4n) is 4.44. The first-order valence-corrected chi connectivity index (χ1v) is 9.74. The van der Waals surface area contributed by atoms with Gasteiger partial charge >= 0.3 is 5.97 Å². The van der Waals surface area contributed by atoms with E-state index in [0.717, 1.165) is 36.1 Å². The number of piperidine rings is 1. The van der Waals surface area contributed by atoms with Gasteiger partial charge < -0.3 is 10.0 Å². The van der Waals surface area contributed by atoms with Crippen LogP contribution in [0.2, 0.25) is 0 Å². The van der Waals surface area contributed by atoms with Crippen molar-refractivity contribution in [3.05, 3.63) is 46.5 Å². The summed E-state index contributed by atoms with van der Waals surface area (Å²) in [4.78, 5) is 26.3. The van der Waals surface area contributed by atoms with Crippen LogP contribution in [-0.2, 0) is 17.6 Å². The topological polar surface area (TPSA) is 75.4 Å². The van der Waals surface area contributed by atoms with E-state index in [1.165, 1.54) is 6.07 Å². The van der Waals surface area contributed by atoms with Crippen molar-refractivity contribution in [3.8, 4) is 5.69 Å². The highest BCUT2D eigenvalue weighted by Crippen LogP contribution is 2.31. The van der Waals surface area contributed by atoms with E-state index in [-0.39, 0.29) is 24.2 Å². The summed E-state index contributed by atoms with van der Waals surface area (Å²) in [5, 5.41) is 13.9. The number of amides is 1. The Morgan fingerprint density at radius 2 is 2.04 bits per heavy atom. The van der Waals surface area contributed by atoms with E-state index in [1.54, 1.807) is 15.6 Å². The maximum atomic E-state index is 14.5. The Hall–Kier alpha value is -2.70. The number of carboxylic acids is 1. The predicted molar refractivity (Wildman–Crippen MR) is 101 cm³/mol. The minimum absolute atomic E-state index is 0.114. The van der Waals surface area contributed by atoms with E-state index in [1.807, 2.05) is 19.9 Å². The van der Waals surface area contributed by atoms with Crippen molar-refractivity contribution < 1.29 is 19.1 Å². The van der Waals surface area contributed by atoms with Gasteiger partial charge in [0.05, 0.1) is 5.92 Å². The van der Waals surface area contributed by atoms with Crippen LogP contribution < -0.4 is 0 Å². The van der Waals surface area contributed by atoms with Gasteiger partial charge in [-0.05, 0) is 56.2 Å². The number of aromatic nitrogens is 2. The van der Waals surface area contributed by atoms with Crippen molar-refractivity contribution >= 4 is 11.9 Å². The van der Waals surface area contributed by atoms with Gasteiger partial charge in [0.2, 0.25) is 0 Å². The molecule has 0 spiro atoms. The molecule has 0 saturated carbocycles. The summed E-state index contributed by atoms with van der Waals surface area (Å²) in [5.74, 6) is -1.93. The number of fused-ring (bicyclic) bond motifs is 1. The molecule has 1 aliphatic carbocycles. The molecule has 28 heavy (non-hydrogen) atoms. The average Bonchev–Trinajstić information content (AvgIpc) is 3.23. The third-order valence-corrected chi connectivity index (χ3v) is 5.76. The lowest BCUT2D eigenvalue weighted by molar-refractivity contribution is -0.143. The summed E-state index contributed by atoms with van der Waals surface area (Å²) < 4.78 is 16.1. The van der Waals surface area contributed by atoms with Crippen LogP contribution in [0.5, 0.6) is 0 Å². The molecule has 2 atom stereocenters. The van der Waals surface area contributed by atoms with Crippen molar-refractivity contribution in [1.29, 1.82) is 0 Å². The van der Waals surface area contributed by atoms with Crippen LogP contribution in [0, 0.1) is 24.6 Å². The summed E-state index contributed by atoms with van der Waals surface area (Å²) in [6, 6.07) is 4.98. The first kappa shape index (κ1) is 18.7. The molecule has 0 radical (unpaired) electrons. The van der Waals surface area contributed by atoms with Gasteiger partial charge in [0, 0.05) is 24.3 Å². The zero-order chi connectivity index (χ0) is 20.0. The Morgan fingerprint density at radius 1 is 1.25 bits per heavy atom. The molecule has 1 N–H and O–H groups in total. The SMILES string of the molecule is Cc1ccc(-n2nc(C(=O)N3CC(C)CC(C(=O)O)C3)c3c2CCC3)c(F)c1. The quantitative estimate of drug-likeness (QED) is 0.881. The monoisotopic (exact) mass is 385 g/mol. The Kier molecular flexibility index (Phi) is 4.69. The maximum Gasteiger partial charge on any atom is 0.308 e. The highest BCUT2D eigenvalue weighted by molar-refractivity contribution is 5.94. The molecule has 1 aliphatic heterocycles. The average molecular weight is 385 g/mol. The van der Waals surface area contributed by atoms with Crippen molar-refractivity contribution in [2.24, 2.45) is 11.8 Å². The van der Waals surface area contributed by atoms with Crippen LogP contribution >= 0.6 is 0 Å². The van der Waals surface area contributed by atoms with E-state index < -0.39 is 11.9 Å². The summed E-state index contributed by atoms with van der Waals surface area (Å²) in [6.07, 6.45) is 2.95. The van der Waals surface area contributed by atoms with Crippen LogP contribution in [0.4, 0.5) is 4.39 Å². The van der Waals surface area contributed by atoms with Gasteiger partial charge in [-0.3, -0.25) is 9.59 Å². The Labute approximate surface area is 163 Å².